The van der Waals surface area contributed by atoms with Crippen molar-refractivity contribution in [3.63, 3.8) is 0 Å². The molecule has 0 bridgehead atoms. The van der Waals surface area contributed by atoms with E-state index in [1.54, 1.807) is 0 Å². The lowest BCUT2D eigenvalue weighted by molar-refractivity contribution is -0.127. The Bertz CT molecular complexity index is 1110. The van der Waals surface area contributed by atoms with E-state index in [9.17, 15) is 9.59 Å². The number of nitrogens with one attached hydrogen (secondary N) is 1. The molecule has 0 unspecified atom stereocenters. The maximum atomic E-state index is 13.7. The van der Waals surface area contributed by atoms with Gasteiger partial charge in [-0.25, -0.2) is 4.68 Å². The van der Waals surface area contributed by atoms with Gasteiger partial charge in [-0.2, -0.15) is 5.10 Å². The minimum Gasteiger partial charge on any atom is -0.353 e. The first-order valence-corrected chi connectivity index (χ1v) is 12.0. The molecular weight excluding hydrogens is 414 g/mol. The molecule has 7 heteroatoms. The Hall–Kier alpha value is -3.35. The van der Waals surface area contributed by atoms with E-state index in [-0.39, 0.29) is 17.7 Å². The summed E-state index contributed by atoms with van der Waals surface area (Å²) in [4.78, 5) is 28.3. The summed E-state index contributed by atoms with van der Waals surface area (Å²) in [7, 11) is 0. The van der Waals surface area contributed by atoms with Crippen LogP contribution in [0.3, 0.4) is 0 Å². The molecule has 1 aliphatic heterocycles. The molecule has 1 saturated carbocycles. The molecule has 1 aliphatic carbocycles. The van der Waals surface area contributed by atoms with Gasteiger partial charge in [-0.05, 0) is 56.9 Å². The number of rotatable bonds is 5. The zero-order chi connectivity index (χ0) is 22.8. The second kappa shape index (κ2) is 9.25. The normalized spacial score (nSPS) is 17.4. The van der Waals surface area contributed by atoms with Gasteiger partial charge in [0.05, 0.1) is 11.4 Å². The van der Waals surface area contributed by atoms with Gasteiger partial charge in [0, 0.05) is 37.4 Å². The summed E-state index contributed by atoms with van der Waals surface area (Å²) in [5.74, 6) is 0.879. The third-order valence-electron chi connectivity index (χ3n) is 6.95. The Morgan fingerprint density at radius 3 is 2.27 bits per heavy atom. The van der Waals surface area contributed by atoms with Crippen LogP contribution < -0.4 is 5.32 Å². The van der Waals surface area contributed by atoms with Gasteiger partial charge >= 0.3 is 0 Å². The van der Waals surface area contributed by atoms with Gasteiger partial charge in [0.25, 0.3) is 5.91 Å². The lowest BCUT2D eigenvalue weighted by Crippen LogP contribution is -2.45. The van der Waals surface area contributed by atoms with E-state index in [2.05, 4.69) is 5.32 Å². The third kappa shape index (κ3) is 4.32. The van der Waals surface area contributed by atoms with Crippen molar-refractivity contribution in [1.82, 2.24) is 24.6 Å². The summed E-state index contributed by atoms with van der Waals surface area (Å²) in [6.07, 6.45) is 9.88. The molecule has 1 saturated heterocycles. The van der Waals surface area contributed by atoms with Gasteiger partial charge in [-0.3, -0.25) is 9.59 Å². The number of hydrogen-bond acceptors (Lipinski definition) is 3. The van der Waals surface area contributed by atoms with E-state index in [4.69, 9.17) is 5.10 Å². The number of hydrogen-bond donors (Lipinski definition) is 1. The number of benzene rings is 1. The molecule has 1 aromatic carbocycles. The maximum Gasteiger partial charge on any atom is 0.259 e. The first kappa shape index (κ1) is 21.5. The number of carbonyl (C=O) groups excluding carboxylic acids is 2. The van der Waals surface area contributed by atoms with Crippen LogP contribution in [-0.2, 0) is 4.79 Å². The van der Waals surface area contributed by atoms with Crippen LogP contribution in [-0.4, -0.2) is 50.2 Å². The van der Waals surface area contributed by atoms with E-state index < -0.39 is 0 Å². The van der Waals surface area contributed by atoms with E-state index in [0.29, 0.717) is 43.2 Å². The van der Waals surface area contributed by atoms with Gasteiger partial charge in [0.1, 0.15) is 5.56 Å². The summed E-state index contributed by atoms with van der Waals surface area (Å²) >= 11 is 0. The van der Waals surface area contributed by atoms with E-state index >= 15 is 0 Å². The van der Waals surface area contributed by atoms with Crippen LogP contribution in [0.5, 0.6) is 0 Å². The van der Waals surface area contributed by atoms with Crippen LogP contribution >= 0.6 is 0 Å². The molecule has 2 aliphatic rings. The summed E-state index contributed by atoms with van der Waals surface area (Å²) in [6, 6.07) is 14.1. The van der Waals surface area contributed by atoms with Crippen molar-refractivity contribution in [2.45, 2.75) is 51.5 Å². The zero-order valence-corrected chi connectivity index (χ0v) is 19.1. The summed E-state index contributed by atoms with van der Waals surface area (Å²) in [5.41, 5.74) is 2.23. The monoisotopic (exact) mass is 445 g/mol. The number of likely N-dealkylation sites (tertiary alicyclic amines) is 1. The number of piperidine rings is 1. The second-order valence-electron chi connectivity index (χ2n) is 9.18. The fourth-order valence-corrected chi connectivity index (χ4v) is 5.12. The predicted octanol–water partition coefficient (Wildman–Crippen LogP) is 3.88. The topological polar surface area (TPSA) is 72.2 Å². The summed E-state index contributed by atoms with van der Waals surface area (Å²) in [5, 5.41) is 7.96. The van der Waals surface area contributed by atoms with Crippen LogP contribution in [0.15, 0.2) is 54.9 Å². The smallest absolute Gasteiger partial charge is 0.259 e. The van der Waals surface area contributed by atoms with Crippen molar-refractivity contribution >= 4 is 11.8 Å². The highest BCUT2D eigenvalue weighted by atomic mass is 16.2. The van der Waals surface area contributed by atoms with E-state index in [1.807, 2.05) is 75.9 Å². The Labute approximate surface area is 194 Å². The van der Waals surface area contributed by atoms with Crippen LogP contribution in [0.1, 0.15) is 54.6 Å². The number of para-hydroxylation sites is 1. The van der Waals surface area contributed by atoms with Crippen LogP contribution in [0.4, 0.5) is 0 Å². The van der Waals surface area contributed by atoms with Crippen molar-refractivity contribution in [1.29, 1.82) is 0 Å². The Morgan fingerprint density at radius 1 is 0.939 bits per heavy atom. The summed E-state index contributed by atoms with van der Waals surface area (Å²) in [6.45, 7) is 3.06. The fourth-order valence-electron chi connectivity index (χ4n) is 5.12. The largest absolute Gasteiger partial charge is 0.353 e. The molecule has 3 heterocycles. The Morgan fingerprint density at radius 2 is 1.61 bits per heavy atom. The molecule has 0 radical (unpaired) electrons. The van der Waals surface area contributed by atoms with Crippen LogP contribution in [0.2, 0.25) is 0 Å². The average Bonchev–Trinajstić information content (AvgIpc) is 3.61. The minimum absolute atomic E-state index is 0.00768. The van der Waals surface area contributed by atoms with Gasteiger partial charge in [-0.15, -0.1) is 0 Å². The molecule has 172 valence electrons. The zero-order valence-electron chi connectivity index (χ0n) is 19.1. The standard InChI is InChI=1S/C26H31N5O2/c1-19-23(25(29-15-7-8-16-29)31(28-19)22-11-3-2-4-12-22)26(33)30-17-13-20(14-18-30)24(32)27-21-9-5-6-10-21/h2-4,7-8,11-12,15-16,20-21H,5-6,9-10,13-14,17-18H2,1H3,(H,27,32). The SMILES string of the molecule is Cc1nn(-c2ccccc2)c(-n2cccc2)c1C(=O)N1CCC(C(=O)NC2CCCC2)CC1. The highest BCUT2D eigenvalue weighted by Gasteiger charge is 2.32. The van der Waals surface area contributed by atoms with E-state index in [1.165, 1.54) is 12.8 Å². The van der Waals surface area contributed by atoms with Crippen molar-refractivity contribution in [2.24, 2.45) is 5.92 Å². The second-order valence-corrected chi connectivity index (χ2v) is 9.18. The molecule has 2 amide bonds. The number of carbonyl (C=O) groups is 2. The van der Waals surface area contributed by atoms with Gasteiger partial charge < -0.3 is 14.8 Å². The molecular formula is C26H31N5O2. The van der Waals surface area contributed by atoms with Crippen molar-refractivity contribution in [2.75, 3.05) is 13.1 Å². The third-order valence-corrected chi connectivity index (χ3v) is 6.95. The average molecular weight is 446 g/mol. The quantitative estimate of drug-likeness (QED) is 0.648. The summed E-state index contributed by atoms with van der Waals surface area (Å²) < 4.78 is 3.78. The van der Waals surface area contributed by atoms with Gasteiger partial charge in [-0.1, -0.05) is 31.0 Å². The highest BCUT2D eigenvalue weighted by Crippen LogP contribution is 2.27. The molecule has 5 rings (SSSR count). The lowest BCUT2D eigenvalue weighted by atomic mass is 9.95. The van der Waals surface area contributed by atoms with Crippen molar-refractivity contribution in [3.05, 3.63) is 66.1 Å². The molecule has 2 fully saturated rings. The fraction of sp³-hybridized carbons (Fsp3) is 0.423. The van der Waals surface area contributed by atoms with Crippen LogP contribution in [0, 0.1) is 12.8 Å². The Balaban J connectivity index is 1.36. The molecule has 0 spiro atoms. The van der Waals surface area contributed by atoms with E-state index in [0.717, 1.165) is 24.3 Å². The highest BCUT2D eigenvalue weighted by molar-refractivity contribution is 5.99. The number of nitrogens with zero attached hydrogens (tertiary/aromatic N) is 4. The number of aromatic nitrogens is 3. The molecule has 3 aromatic rings. The molecule has 1 N–H and O–H groups in total. The molecule has 0 atom stereocenters. The molecule has 2 aromatic heterocycles. The minimum atomic E-state index is -0.0203. The first-order chi connectivity index (χ1) is 16.1. The number of amides is 2. The lowest BCUT2D eigenvalue weighted by Gasteiger charge is -2.32. The molecule has 7 nitrogen and oxygen atoms in total. The van der Waals surface area contributed by atoms with Gasteiger partial charge in [0.2, 0.25) is 5.91 Å². The van der Waals surface area contributed by atoms with Crippen molar-refractivity contribution < 1.29 is 9.59 Å². The maximum absolute atomic E-state index is 13.7. The van der Waals surface area contributed by atoms with Gasteiger partial charge in [0.15, 0.2) is 5.82 Å². The van der Waals surface area contributed by atoms with Crippen LogP contribution in [0.25, 0.3) is 11.5 Å². The Kier molecular flexibility index (Phi) is 6.03. The first-order valence-electron chi connectivity index (χ1n) is 12.0. The molecule has 33 heavy (non-hydrogen) atoms. The predicted molar refractivity (Wildman–Crippen MR) is 127 cm³/mol. The van der Waals surface area contributed by atoms with Crippen molar-refractivity contribution in [3.8, 4) is 11.5 Å². The number of aryl methyl sites for hydroxylation is 1.